The molecule has 0 aliphatic heterocycles. The van der Waals surface area contributed by atoms with Gasteiger partial charge in [0.1, 0.15) is 5.75 Å². The van der Waals surface area contributed by atoms with Crippen molar-refractivity contribution < 1.29 is 33.5 Å². The first kappa shape index (κ1) is 5.86. The average molecular weight is 307 g/mol. The van der Waals surface area contributed by atoms with E-state index in [1.54, 1.807) is 0 Å². The van der Waals surface area contributed by atoms with Crippen molar-refractivity contribution in [2.75, 3.05) is 34.5 Å². The lowest BCUT2D eigenvalue weighted by molar-refractivity contribution is -0.872. The molecule has 0 aromatic heterocycles. The van der Waals surface area contributed by atoms with Crippen molar-refractivity contribution in [3.05, 3.63) is 29.8 Å². The molecule has 2 rings (SSSR count). The Morgan fingerprint density at radius 3 is 2.48 bits per heavy atom. The zero-order valence-electron chi connectivity index (χ0n) is 25.7. The molecule has 0 amide bonds. The van der Waals surface area contributed by atoms with Gasteiger partial charge in [0.2, 0.25) is 0 Å². The number of likely N-dealkylation sites (N-methyl/N-ethyl adjacent to an activating group) is 1. The van der Waals surface area contributed by atoms with Crippen LogP contribution < -0.4 is 4.74 Å². The second-order valence-electron chi connectivity index (χ2n) is 5.57. The Morgan fingerprint density at radius 1 is 1.24 bits per heavy atom. The average Bonchev–Trinajstić information content (AvgIpc) is 2.58. The van der Waals surface area contributed by atoms with Gasteiger partial charge in [-0.15, -0.1) is 0 Å². The molecule has 1 atom stereocenters. The summed E-state index contributed by atoms with van der Waals surface area (Å²) in [5, 5.41) is 11.6. The monoisotopic (exact) mass is 306 g/mol. The van der Waals surface area contributed by atoms with Gasteiger partial charge < -0.3 is 14.3 Å². The summed E-state index contributed by atoms with van der Waals surface area (Å²) in [7, 11) is -2.78. The molecular formula is C18H30NO2+. The molecule has 0 bridgehead atoms. The van der Waals surface area contributed by atoms with Crippen LogP contribution in [0.2, 0.25) is 0 Å². The maximum Gasteiger partial charge on any atom is 0.118 e. The van der Waals surface area contributed by atoms with Crippen LogP contribution in [0.3, 0.4) is 0 Å². The number of hydrogen-bond donors (Lipinski definition) is 1. The molecular weight excluding hydrogens is 262 g/mol. The summed E-state index contributed by atoms with van der Waals surface area (Å²) in [5.74, 6) is -2.04. The summed E-state index contributed by atoms with van der Waals surface area (Å²) in [5.41, 5.74) is -2.06. The first-order chi connectivity index (χ1) is 15.5. The summed E-state index contributed by atoms with van der Waals surface area (Å²) in [6.45, 7) is -15.2. The minimum atomic E-state index is -3.88. The maximum atomic E-state index is 11.6. The Labute approximate surface area is 148 Å². The largest absolute Gasteiger partial charge is 0.497 e. The zero-order valence-corrected chi connectivity index (χ0v) is 11.7. The number of nitrogens with zero attached hydrogens (tertiary/aromatic N) is 1. The Hall–Kier alpha value is -1.06. The second-order valence-corrected chi connectivity index (χ2v) is 5.57. The third-order valence-electron chi connectivity index (χ3n) is 3.91. The fourth-order valence-electron chi connectivity index (χ4n) is 2.88. The molecule has 1 unspecified atom stereocenters. The third-order valence-corrected chi connectivity index (χ3v) is 3.91. The molecule has 1 aliphatic carbocycles. The number of methoxy groups -OCH3 is 1. The van der Waals surface area contributed by atoms with Gasteiger partial charge in [0, 0.05) is 0 Å². The molecule has 1 fully saturated rings. The van der Waals surface area contributed by atoms with Crippen LogP contribution in [-0.4, -0.2) is 49.7 Å². The van der Waals surface area contributed by atoms with Crippen molar-refractivity contribution in [1.29, 1.82) is 0 Å². The third kappa shape index (κ3) is 4.21. The van der Waals surface area contributed by atoms with E-state index < -0.39 is 50.5 Å². The highest BCUT2D eigenvalue weighted by Crippen LogP contribution is 2.41. The molecule has 1 N–H and O–H groups in total. The van der Waals surface area contributed by atoms with Crippen molar-refractivity contribution >= 4 is 0 Å². The van der Waals surface area contributed by atoms with Crippen LogP contribution in [0.1, 0.15) is 62.8 Å². The van der Waals surface area contributed by atoms with Crippen molar-refractivity contribution in [2.45, 2.75) is 43.6 Å². The van der Waals surface area contributed by atoms with Gasteiger partial charge in [0.25, 0.3) is 0 Å². The highest BCUT2D eigenvalue weighted by Gasteiger charge is 2.41. The van der Waals surface area contributed by atoms with E-state index in [2.05, 4.69) is 0 Å². The highest BCUT2D eigenvalue weighted by molar-refractivity contribution is 5.31. The van der Waals surface area contributed by atoms with E-state index in [0.29, 0.717) is 19.3 Å². The first-order valence-corrected chi connectivity index (χ1v) is 6.92. The normalized spacial score (nSPS) is 33.0. The van der Waals surface area contributed by atoms with Gasteiger partial charge in [-0.05, 0) is 30.5 Å². The SMILES string of the molecule is [2H]C([2H])([2H])Oc1ccc(C(C2(O)CCCCC2)C([2H])([2H])[N+](C([2H])([2H])[2H])(C([2H])([2H])[2H])C([2H])([2H])[2H])cc1. The lowest BCUT2D eigenvalue weighted by Crippen LogP contribution is -2.48. The van der Waals surface area contributed by atoms with E-state index in [1.807, 2.05) is 0 Å². The zero-order chi connectivity index (χ0) is 27.3. The standard InChI is InChI=1S/C18H30NO2/c1-19(2,3)14-17(18(20)12-6-5-7-13-18)15-8-10-16(21-4)11-9-15/h8-11,17,20H,5-7,12-14H2,1-4H3/q+1/i1D3,2D3,3D3,4D3,14D2. The van der Waals surface area contributed by atoms with E-state index in [0.717, 1.165) is 12.1 Å². The van der Waals surface area contributed by atoms with Gasteiger partial charge in [0.15, 0.2) is 0 Å². The van der Waals surface area contributed by atoms with Gasteiger partial charge in [-0.1, -0.05) is 31.4 Å². The fourth-order valence-corrected chi connectivity index (χ4v) is 2.88. The smallest absolute Gasteiger partial charge is 0.118 e. The number of benzene rings is 1. The van der Waals surface area contributed by atoms with Gasteiger partial charge in [0.05, 0.1) is 65.2 Å². The van der Waals surface area contributed by atoms with Crippen molar-refractivity contribution in [3.63, 3.8) is 0 Å². The van der Waals surface area contributed by atoms with E-state index in [9.17, 15) is 5.11 Å². The summed E-state index contributed by atoms with van der Waals surface area (Å²) in [4.78, 5) is 0. The number of aliphatic hydroxyl groups is 1. The Balaban J connectivity index is 2.86. The molecule has 0 saturated heterocycles. The minimum Gasteiger partial charge on any atom is -0.497 e. The summed E-state index contributed by atoms with van der Waals surface area (Å²) < 4.78 is 113. The van der Waals surface area contributed by atoms with Crippen LogP contribution in [-0.2, 0) is 0 Å². The highest BCUT2D eigenvalue weighted by atomic mass is 16.5. The maximum absolute atomic E-state index is 11.6. The molecule has 3 nitrogen and oxygen atoms in total. The molecule has 1 saturated carbocycles. The van der Waals surface area contributed by atoms with Crippen LogP contribution in [0.4, 0.5) is 0 Å². The van der Waals surface area contributed by atoms with E-state index in [-0.39, 0.29) is 24.2 Å². The predicted octanol–water partition coefficient (Wildman–Crippen LogP) is 3.18. The molecule has 3 heteroatoms. The Morgan fingerprint density at radius 2 is 1.90 bits per heavy atom. The molecule has 1 aromatic rings. The Kier molecular flexibility index (Phi) is 1.78. The summed E-state index contributed by atoms with van der Waals surface area (Å²) in [6.07, 6.45) is 1.51. The van der Waals surface area contributed by atoms with E-state index in [1.165, 1.54) is 12.1 Å². The predicted molar refractivity (Wildman–Crippen MR) is 86.7 cm³/mol. The van der Waals surface area contributed by atoms with Gasteiger partial charge in [-0.3, -0.25) is 0 Å². The number of rotatable bonds is 5. The fraction of sp³-hybridized carbons (Fsp3) is 0.667. The summed E-state index contributed by atoms with van der Waals surface area (Å²) in [6, 6.07) is 4.68. The van der Waals surface area contributed by atoms with Crippen molar-refractivity contribution in [3.8, 4) is 5.75 Å². The number of hydrogen-bond acceptors (Lipinski definition) is 2. The van der Waals surface area contributed by atoms with Crippen LogP contribution in [0, 0.1) is 0 Å². The van der Waals surface area contributed by atoms with Crippen LogP contribution in [0.15, 0.2) is 24.3 Å². The van der Waals surface area contributed by atoms with E-state index in [4.69, 9.17) is 23.9 Å². The van der Waals surface area contributed by atoms with Gasteiger partial charge in [-0.25, -0.2) is 0 Å². The molecule has 21 heavy (non-hydrogen) atoms. The minimum absolute atomic E-state index is 0.0201. The molecule has 118 valence electrons. The first-order valence-electron chi connectivity index (χ1n) is 13.9. The van der Waals surface area contributed by atoms with Crippen LogP contribution in [0.5, 0.6) is 5.75 Å². The van der Waals surface area contributed by atoms with Gasteiger partial charge in [-0.2, -0.15) is 0 Å². The molecule has 0 heterocycles. The summed E-state index contributed by atoms with van der Waals surface area (Å²) >= 11 is 0. The molecule has 0 spiro atoms. The molecule has 1 aliphatic rings. The van der Waals surface area contributed by atoms with E-state index >= 15 is 0 Å². The number of ether oxygens (including phenoxy) is 1. The van der Waals surface area contributed by atoms with Crippen molar-refractivity contribution in [1.82, 2.24) is 0 Å². The van der Waals surface area contributed by atoms with Gasteiger partial charge >= 0.3 is 0 Å². The number of quaternary nitrogens is 1. The Bertz CT molecular complexity index is 828. The topological polar surface area (TPSA) is 29.5 Å². The lowest BCUT2D eigenvalue weighted by atomic mass is 9.72. The van der Waals surface area contributed by atoms with Crippen LogP contribution >= 0.6 is 0 Å². The molecule has 0 radical (unpaired) electrons. The quantitative estimate of drug-likeness (QED) is 0.847. The lowest BCUT2D eigenvalue weighted by Gasteiger charge is -2.42. The van der Waals surface area contributed by atoms with Crippen LogP contribution in [0.25, 0.3) is 0 Å². The second kappa shape index (κ2) is 6.37. The van der Waals surface area contributed by atoms with Crippen molar-refractivity contribution in [2.24, 2.45) is 0 Å². The molecule has 1 aromatic carbocycles.